The van der Waals surface area contributed by atoms with Crippen LogP contribution in [0.2, 0.25) is 0 Å². The molecule has 0 spiro atoms. The summed E-state index contributed by atoms with van der Waals surface area (Å²) in [6.45, 7) is 0. The lowest BCUT2D eigenvalue weighted by atomic mass is 10.1. The molecule has 0 atom stereocenters. The standard InChI is InChI=1S/C16H14F2N2O2/c1-20(2)16(22)10-3-6-12(7-4-10)19-15(21)13-8-5-11(17)9-14(13)18/h3-9H,1-2H3,(H,19,21). The molecule has 0 radical (unpaired) electrons. The number of rotatable bonds is 3. The quantitative estimate of drug-likeness (QED) is 0.948. The Morgan fingerprint density at radius 1 is 1.00 bits per heavy atom. The maximum atomic E-state index is 13.5. The molecule has 0 fully saturated rings. The van der Waals surface area contributed by atoms with E-state index in [1.807, 2.05) is 0 Å². The van der Waals surface area contributed by atoms with Crippen LogP contribution in [0.25, 0.3) is 0 Å². The van der Waals surface area contributed by atoms with Gasteiger partial charge in [0, 0.05) is 31.4 Å². The molecule has 0 aliphatic carbocycles. The maximum absolute atomic E-state index is 13.5. The summed E-state index contributed by atoms with van der Waals surface area (Å²) < 4.78 is 26.3. The number of benzene rings is 2. The maximum Gasteiger partial charge on any atom is 0.258 e. The van der Waals surface area contributed by atoms with Gasteiger partial charge in [-0.1, -0.05) is 0 Å². The third kappa shape index (κ3) is 3.46. The van der Waals surface area contributed by atoms with Crippen molar-refractivity contribution in [2.24, 2.45) is 0 Å². The van der Waals surface area contributed by atoms with Gasteiger partial charge < -0.3 is 10.2 Å². The Labute approximate surface area is 126 Å². The Hall–Kier alpha value is -2.76. The fraction of sp³-hybridized carbons (Fsp3) is 0.125. The molecule has 2 rings (SSSR count). The third-order valence-corrected chi connectivity index (χ3v) is 2.97. The van der Waals surface area contributed by atoms with Crippen LogP contribution in [0.3, 0.4) is 0 Å². The summed E-state index contributed by atoms with van der Waals surface area (Å²) in [5.41, 5.74) is 0.620. The van der Waals surface area contributed by atoms with Crippen molar-refractivity contribution in [2.45, 2.75) is 0 Å². The number of anilines is 1. The van der Waals surface area contributed by atoms with Crippen molar-refractivity contribution in [3.63, 3.8) is 0 Å². The van der Waals surface area contributed by atoms with Crippen LogP contribution in [-0.4, -0.2) is 30.8 Å². The summed E-state index contributed by atoms with van der Waals surface area (Å²) in [6.07, 6.45) is 0. The number of nitrogens with zero attached hydrogens (tertiary/aromatic N) is 1. The number of carbonyl (C=O) groups excluding carboxylic acids is 2. The monoisotopic (exact) mass is 304 g/mol. The van der Waals surface area contributed by atoms with Gasteiger partial charge in [0.15, 0.2) is 0 Å². The number of halogens is 2. The van der Waals surface area contributed by atoms with Crippen molar-refractivity contribution in [1.82, 2.24) is 4.90 Å². The predicted molar refractivity (Wildman–Crippen MR) is 78.8 cm³/mol. The van der Waals surface area contributed by atoms with Crippen LogP contribution in [0.5, 0.6) is 0 Å². The zero-order chi connectivity index (χ0) is 16.3. The lowest BCUT2D eigenvalue weighted by Gasteiger charge is -2.11. The van der Waals surface area contributed by atoms with Gasteiger partial charge >= 0.3 is 0 Å². The first-order chi connectivity index (χ1) is 10.4. The second kappa shape index (κ2) is 6.34. The molecule has 0 saturated heterocycles. The van der Waals surface area contributed by atoms with Crippen LogP contribution in [0, 0.1) is 11.6 Å². The highest BCUT2D eigenvalue weighted by atomic mass is 19.1. The molecule has 0 heterocycles. The number of amides is 2. The molecule has 0 saturated carbocycles. The normalized spacial score (nSPS) is 10.2. The molecule has 2 aromatic carbocycles. The first-order valence-corrected chi connectivity index (χ1v) is 6.46. The predicted octanol–water partition coefficient (Wildman–Crippen LogP) is 2.92. The molecule has 0 aromatic heterocycles. The molecule has 114 valence electrons. The number of hydrogen-bond donors (Lipinski definition) is 1. The summed E-state index contributed by atoms with van der Waals surface area (Å²) in [5.74, 6) is -2.54. The topological polar surface area (TPSA) is 49.4 Å². The van der Waals surface area contributed by atoms with Crippen LogP contribution in [-0.2, 0) is 0 Å². The van der Waals surface area contributed by atoms with E-state index in [2.05, 4.69) is 5.32 Å². The van der Waals surface area contributed by atoms with E-state index in [9.17, 15) is 18.4 Å². The number of hydrogen-bond acceptors (Lipinski definition) is 2. The van der Waals surface area contributed by atoms with Gasteiger partial charge in [-0.2, -0.15) is 0 Å². The van der Waals surface area contributed by atoms with Crippen LogP contribution in [0.4, 0.5) is 14.5 Å². The van der Waals surface area contributed by atoms with E-state index in [1.165, 1.54) is 17.0 Å². The van der Waals surface area contributed by atoms with Crippen molar-refractivity contribution in [1.29, 1.82) is 0 Å². The van der Waals surface area contributed by atoms with Gasteiger partial charge in [-0.25, -0.2) is 8.78 Å². The van der Waals surface area contributed by atoms with Crippen molar-refractivity contribution in [2.75, 3.05) is 19.4 Å². The molecule has 2 aromatic rings. The Kier molecular flexibility index (Phi) is 4.50. The largest absolute Gasteiger partial charge is 0.345 e. The molecule has 0 aliphatic heterocycles. The smallest absolute Gasteiger partial charge is 0.258 e. The lowest BCUT2D eigenvalue weighted by Crippen LogP contribution is -2.21. The molecule has 0 bridgehead atoms. The second-order valence-electron chi connectivity index (χ2n) is 4.86. The highest BCUT2D eigenvalue weighted by Crippen LogP contribution is 2.15. The van der Waals surface area contributed by atoms with Gasteiger partial charge in [0.1, 0.15) is 11.6 Å². The van der Waals surface area contributed by atoms with Crippen molar-refractivity contribution < 1.29 is 18.4 Å². The first-order valence-electron chi connectivity index (χ1n) is 6.46. The molecular weight excluding hydrogens is 290 g/mol. The molecule has 22 heavy (non-hydrogen) atoms. The fourth-order valence-corrected chi connectivity index (χ4v) is 1.83. The van der Waals surface area contributed by atoms with E-state index in [0.29, 0.717) is 17.3 Å². The van der Waals surface area contributed by atoms with Gasteiger partial charge in [0.25, 0.3) is 11.8 Å². The van der Waals surface area contributed by atoms with E-state index >= 15 is 0 Å². The SMILES string of the molecule is CN(C)C(=O)c1ccc(NC(=O)c2ccc(F)cc2F)cc1. The molecule has 0 unspecified atom stereocenters. The average Bonchev–Trinajstić information content (AvgIpc) is 2.47. The first kappa shape index (κ1) is 15.6. The highest BCUT2D eigenvalue weighted by molar-refractivity contribution is 6.04. The average molecular weight is 304 g/mol. The van der Waals surface area contributed by atoms with E-state index < -0.39 is 17.5 Å². The summed E-state index contributed by atoms with van der Waals surface area (Å²) >= 11 is 0. The van der Waals surface area contributed by atoms with Gasteiger partial charge in [-0.05, 0) is 36.4 Å². The minimum atomic E-state index is -0.933. The number of carbonyl (C=O) groups is 2. The zero-order valence-electron chi connectivity index (χ0n) is 12.1. The molecule has 0 aliphatic rings. The van der Waals surface area contributed by atoms with Crippen LogP contribution < -0.4 is 5.32 Å². The molecular formula is C16H14F2N2O2. The van der Waals surface area contributed by atoms with E-state index in [0.717, 1.165) is 12.1 Å². The Morgan fingerprint density at radius 2 is 1.64 bits per heavy atom. The minimum absolute atomic E-state index is 0.164. The highest BCUT2D eigenvalue weighted by Gasteiger charge is 2.13. The third-order valence-electron chi connectivity index (χ3n) is 2.97. The molecule has 2 amide bonds. The van der Waals surface area contributed by atoms with Crippen LogP contribution >= 0.6 is 0 Å². The summed E-state index contributed by atoms with van der Waals surface area (Å²) in [5, 5.41) is 2.49. The van der Waals surface area contributed by atoms with E-state index in [-0.39, 0.29) is 11.5 Å². The number of nitrogens with one attached hydrogen (secondary N) is 1. The Morgan fingerprint density at radius 3 is 2.18 bits per heavy atom. The van der Waals surface area contributed by atoms with Gasteiger partial charge in [0.05, 0.1) is 5.56 Å². The fourth-order valence-electron chi connectivity index (χ4n) is 1.83. The zero-order valence-corrected chi connectivity index (χ0v) is 12.1. The van der Waals surface area contributed by atoms with Gasteiger partial charge in [-0.3, -0.25) is 9.59 Å². The van der Waals surface area contributed by atoms with Crippen molar-refractivity contribution in [3.8, 4) is 0 Å². The second-order valence-corrected chi connectivity index (χ2v) is 4.86. The van der Waals surface area contributed by atoms with Gasteiger partial charge in [-0.15, -0.1) is 0 Å². The molecule has 6 heteroatoms. The molecule has 4 nitrogen and oxygen atoms in total. The van der Waals surface area contributed by atoms with Crippen molar-refractivity contribution in [3.05, 3.63) is 65.2 Å². The summed E-state index contributed by atoms with van der Waals surface area (Å²) in [4.78, 5) is 25.1. The van der Waals surface area contributed by atoms with Crippen LogP contribution in [0.15, 0.2) is 42.5 Å². The molecule has 1 N–H and O–H groups in total. The van der Waals surface area contributed by atoms with E-state index in [4.69, 9.17) is 0 Å². The van der Waals surface area contributed by atoms with Crippen molar-refractivity contribution >= 4 is 17.5 Å². The summed E-state index contributed by atoms with van der Waals surface area (Å²) in [6, 6.07) is 8.92. The Balaban J connectivity index is 2.13. The lowest BCUT2D eigenvalue weighted by molar-refractivity contribution is 0.0827. The van der Waals surface area contributed by atoms with E-state index in [1.54, 1.807) is 26.2 Å². The van der Waals surface area contributed by atoms with Gasteiger partial charge in [0.2, 0.25) is 0 Å². The van der Waals surface area contributed by atoms with Crippen LogP contribution in [0.1, 0.15) is 20.7 Å². The summed E-state index contributed by atoms with van der Waals surface area (Å²) in [7, 11) is 3.27. The minimum Gasteiger partial charge on any atom is -0.345 e. The Bertz CT molecular complexity index is 713.